The highest BCUT2D eigenvalue weighted by molar-refractivity contribution is 5.83. The maximum absolute atomic E-state index is 13.1. The molecule has 0 aromatic heterocycles. The highest BCUT2D eigenvalue weighted by atomic mass is 16.5. The van der Waals surface area contributed by atoms with Gasteiger partial charge in [0.05, 0.1) is 18.6 Å². The molecule has 2 rings (SSSR count). The van der Waals surface area contributed by atoms with E-state index in [4.69, 9.17) is 9.47 Å². The summed E-state index contributed by atoms with van der Waals surface area (Å²) in [4.78, 5) is 15.1. The van der Waals surface area contributed by atoms with Crippen molar-refractivity contribution in [1.82, 2.24) is 10.2 Å². The van der Waals surface area contributed by atoms with Crippen LogP contribution in [0.3, 0.4) is 0 Å². The lowest BCUT2D eigenvalue weighted by molar-refractivity contribution is -0.150. The Hall–Kier alpha value is -0.650. The SMILES string of the molecule is CCOCC1CCCN(C(=O)C2(COC)CCNCC2)C1. The van der Waals surface area contributed by atoms with Crippen LogP contribution >= 0.6 is 0 Å². The first-order valence-electron chi connectivity index (χ1n) is 8.28. The molecule has 2 heterocycles. The van der Waals surface area contributed by atoms with Crippen molar-refractivity contribution in [3.8, 4) is 0 Å². The van der Waals surface area contributed by atoms with E-state index in [-0.39, 0.29) is 5.41 Å². The summed E-state index contributed by atoms with van der Waals surface area (Å²) in [6, 6.07) is 0. The molecule has 1 atom stereocenters. The molecule has 5 nitrogen and oxygen atoms in total. The van der Waals surface area contributed by atoms with Crippen molar-refractivity contribution in [2.75, 3.05) is 53.1 Å². The number of amides is 1. The van der Waals surface area contributed by atoms with E-state index in [1.54, 1.807) is 7.11 Å². The molecule has 0 saturated carbocycles. The number of ether oxygens (including phenoxy) is 2. The fourth-order valence-corrected chi connectivity index (χ4v) is 3.61. The van der Waals surface area contributed by atoms with Crippen molar-refractivity contribution in [2.24, 2.45) is 11.3 Å². The number of piperidine rings is 2. The van der Waals surface area contributed by atoms with Crippen LogP contribution in [-0.4, -0.2) is 63.9 Å². The smallest absolute Gasteiger partial charge is 0.231 e. The second kappa shape index (κ2) is 8.11. The van der Waals surface area contributed by atoms with Crippen LogP contribution in [0, 0.1) is 11.3 Å². The van der Waals surface area contributed by atoms with Crippen LogP contribution in [0.2, 0.25) is 0 Å². The summed E-state index contributed by atoms with van der Waals surface area (Å²) in [5, 5.41) is 3.35. The first-order valence-corrected chi connectivity index (χ1v) is 8.28. The zero-order valence-corrected chi connectivity index (χ0v) is 13.5. The Balaban J connectivity index is 1.98. The molecule has 1 unspecified atom stereocenters. The molecule has 0 bridgehead atoms. The molecule has 2 saturated heterocycles. The first kappa shape index (κ1) is 16.7. The average molecular weight is 298 g/mol. The largest absolute Gasteiger partial charge is 0.384 e. The number of hydrogen-bond donors (Lipinski definition) is 1. The summed E-state index contributed by atoms with van der Waals surface area (Å²) < 4.78 is 10.9. The van der Waals surface area contributed by atoms with Gasteiger partial charge < -0.3 is 19.7 Å². The van der Waals surface area contributed by atoms with Crippen LogP contribution in [0.1, 0.15) is 32.6 Å². The zero-order chi connectivity index (χ0) is 15.1. The summed E-state index contributed by atoms with van der Waals surface area (Å²) in [5.41, 5.74) is -0.312. The molecule has 122 valence electrons. The van der Waals surface area contributed by atoms with Gasteiger partial charge in [-0.1, -0.05) is 0 Å². The van der Waals surface area contributed by atoms with E-state index in [1.165, 1.54) is 6.42 Å². The Morgan fingerprint density at radius 3 is 2.81 bits per heavy atom. The molecule has 0 spiro atoms. The lowest BCUT2D eigenvalue weighted by Crippen LogP contribution is -2.54. The average Bonchev–Trinajstić information content (AvgIpc) is 2.53. The molecule has 2 aliphatic heterocycles. The minimum atomic E-state index is -0.312. The summed E-state index contributed by atoms with van der Waals surface area (Å²) in [5.74, 6) is 0.788. The summed E-state index contributed by atoms with van der Waals surface area (Å²) in [6.45, 7) is 7.64. The Kier molecular flexibility index (Phi) is 6.45. The number of likely N-dealkylation sites (tertiary alicyclic amines) is 1. The molecule has 0 aromatic rings. The molecular weight excluding hydrogens is 268 g/mol. The van der Waals surface area contributed by atoms with Gasteiger partial charge in [0.25, 0.3) is 0 Å². The van der Waals surface area contributed by atoms with Crippen molar-refractivity contribution in [2.45, 2.75) is 32.6 Å². The number of carbonyl (C=O) groups is 1. The number of hydrogen-bond acceptors (Lipinski definition) is 4. The fraction of sp³-hybridized carbons (Fsp3) is 0.938. The first-order chi connectivity index (χ1) is 10.2. The van der Waals surface area contributed by atoms with Crippen LogP contribution in [-0.2, 0) is 14.3 Å². The van der Waals surface area contributed by atoms with Crippen LogP contribution in [0.5, 0.6) is 0 Å². The van der Waals surface area contributed by atoms with E-state index in [1.807, 2.05) is 6.92 Å². The van der Waals surface area contributed by atoms with Gasteiger partial charge in [0.15, 0.2) is 0 Å². The highest BCUT2D eigenvalue weighted by Crippen LogP contribution is 2.33. The van der Waals surface area contributed by atoms with Crippen molar-refractivity contribution >= 4 is 5.91 Å². The molecule has 1 amide bonds. The topological polar surface area (TPSA) is 50.8 Å². The maximum Gasteiger partial charge on any atom is 0.231 e. The van der Waals surface area contributed by atoms with Gasteiger partial charge in [-0.2, -0.15) is 0 Å². The summed E-state index contributed by atoms with van der Waals surface area (Å²) >= 11 is 0. The molecule has 0 radical (unpaired) electrons. The Morgan fingerprint density at radius 1 is 1.38 bits per heavy atom. The monoisotopic (exact) mass is 298 g/mol. The molecule has 21 heavy (non-hydrogen) atoms. The van der Waals surface area contributed by atoms with Gasteiger partial charge in [0.2, 0.25) is 5.91 Å². The molecule has 0 aliphatic carbocycles. The van der Waals surface area contributed by atoms with Crippen molar-refractivity contribution in [3.05, 3.63) is 0 Å². The second-order valence-corrected chi connectivity index (χ2v) is 6.38. The molecule has 1 N–H and O–H groups in total. The molecule has 5 heteroatoms. The predicted molar refractivity (Wildman–Crippen MR) is 82.2 cm³/mol. The van der Waals surface area contributed by atoms with Crippen LogP contribution < -0.4 is 5.32 Å². The normalized spacial score (nSPS) is 25.8. The predicted octanol–water partition coefficient (Wildman–Crippen LogP) is 1.28. The van der Waals surface area contributed by atoms with Crippen LogP contribution in [0.4, 0.5) is 0 Å². The molecular formula is C16H30N2O3. The Bertz CT molecular complexity index is 324. The molecule has 2 fully saturated rings. The Labute approximate surface area is 128 Å². The van der Waals surface area contributed by atoms with E-state index in [9.17, 15) is 4.79 Å². The van der Waals surface area contributed by atoms with Gasteiger partial charge in [-0.15, -0.1) is 0 Å². The number of methoxy groups -OCH3 is 1. The van der Waals surface area contributed by atoms with Gasteiger partial charge in [-0.3, -0.25) is 4.79 Å². The van der Waals surface area contributed by atoms with E-state index in [2.05, 4.69) is 10.2 Å². The number of carbonyl (C=O) groups excluding carboxylic acids is 1. The van der Waals surface area contributed by atoms with E-state index in [0.29, 0.717) is 18.4 Å². The lowest BCUT2D eigenvalue weighted by Gasteiger charge is -2.42. The minimum absolute atomic E-state index is 0.298. The maximum atomic E-state index is 13.1. The third-order valence-electron chi connectivity index (χ3n) is 4.80. The lowest BCUT2D eigenvalue weighted by atomic mass is 9.77. The minimum Gasteiger partial charge on any atom is -0.384 e. The summed E-state index contributed by atoms with van der Waals surface area (Å²) in [7, 11) is 1.70. The zero-order valence-electron chi connectivity index (χ0n) is 13.5. The fourth-order valence-electron chi connectivity index (χ4n) is 3.61. The van der Waals surface area contributed by atoms with E-state index >= 15 is 0 Å². The number of nitrogens with zero attached hydrogens (tertiary/aromatic N) is 1. The molecule has 0 aromatic carbocycles. The van der Waals surface area contributed by atoms with Crippen molar-refractivity contribution in [3.63, 3.8) is 0 Å². The number of nitrogens with one attached hydrogen (secondary N) is 1. The van der Waals surface area contributed by atoms with Crippen molar-refractivity contribution < 1.29 is 14.3 Å². The van der Waals surface area contributed by atoms with Gasteiger partial charge in [0.1, 0.15) is 0 Å². The summed E-state index contributed by atoms with van der Waals surface area (Å²) in [6.07, 6.45) is 4.02. The van der Waals surface area contributed by atoms with E-state index in [0.717, 1.165) is 58.7 Å². The van der Waals surface area contributed by atoms with Crippen LogP contribution in [0.25, 0.3) is 0 Å². The second-order valence-electron chi connectivity index (χ2n) is 6.38. The molecule has 2 aliphatic rings. The van der Waals surface area contributed by atoms with Gasteiger partial charge >= 0.3 is 0 Å². The van der Waals surface area contributed by atoms with E-state index < -0.39 is 0 Å². The third kappa shape index (κ3) is 4.18. The number of rotatable bonds is 6. The standard InChI is InChI=1S/C16H30N2O3/c1-3-21-12-14-5-4-10-18(11-14)15(19)16(13-20-2)6-8-17-9-7-16/h14,17H,3-13H2,1-2H3. The third-order valence-corrected chi connectivity index (χ3v) is 4.80. The van der Waals surface area contributed by atoms with Gasteiger partial charge in [-0.05, 0) is 51.6 Å². The Morgan fingerprint density at radius 2 is 2.14 bits per heavy atom. The highest BCUT2D eigenvalue weighted by Gasteiger charge is 2.43. The van der Waals surface area contributed by atoms with Crippen LogP contribution in [0.15, 0.2) is 0 Å². The van der Waals surface area contributed by atoms with Gasteiger partial charge in [0, 0.05) is 26.8 Å². The quantitative estimate of drug-likeness (QED) is 0.802. The van der Waals surface area contributed by atoms with Gasteiger partial charge in [-0.25, -0.2) is 0 Å². The van der Waals surface area contributed by atoms with Crippen molar-refractivity contribution in [1.29, 1.82) is 0 Å².